The number of thiazole rings is 1. The van der Waals surface area contributed by atoms with E-state index in [4.69, 9.17) is 9.73 Å². The van der Waals surface area contributed by atoms with E-state index >= 15 is 0 Å². The number of allylic oxidation sites excluding steroid dienone is 1. The summed E-state index contributed by atoms with van der Waals surface area (Å²) in [6.07, 6.45) is 8.13. The zero-order valence-electron chi connectivity index (χ0n) is 25.4. The number of hydrogen-bond donors (Lipinski definition) is 3. The van der Waals surface area contributed by atoms with Crippen LogP contribution in [0.25, 0.3) is 21.5 Å². The van der Waals surface area contributed by atoms with E-state index in [2.05, 4.69) is 32.0 Å². The first-order chi connectivity index (χ1) is 22.0. The number of hydrogen-bond acceptors (Lipinski definition) is 9. The van der Waals surface area contributed by atoms with E-state index < -0.39 is 23.2 Å². The van der Waals surface area contributed by atoms with Crippen molar-refractivity contribution in [2.45, 2.75) is 32.5 Å². The van der Waals surface area contributed by atoms with Gasteiger partial charge in [-0.25, -0.2) is 14.8 Å². The average molecular weight is 624 g/mol. The minimum Gasteiger partial charge on any atom is -0.466 e. The van der Waals surface area contributed by atoms with E-state index in [1.54, 1.807) is 23.7 Å². The number of carbonyl (C=O) groups is 2. The lowest BCUT2D eigenvalue weighted by molar-refractivity contribution is -0.164. The van der Waals surface area contributed by atoms with Crippen molar-refractivity contribution in [3.63, 3.8) is 0 Å². The van der Waals surface area contributed by atoms with Crippen LogP contribution in [0, 0.1) is 11.3 Å². The Balaban J connectivity index is 1.56. The monoisotopic (exact) mass is 623 g/mol. The van der Waals surface area contributed by atoms with Crippen molar-refractivity contribution in [1.29, 1.82) is 0 Å². The number of piperidine rings is 1. The number of urea groups is 1. The maximum absolute atomic E-state index is 14.3. The Morgan fingerprint density at radius 2 is 1.96 bits per heavy atom. The predicted octanol–water partition coefficient (Wildman–Crippen LogP) is 5.14. The number of aliphatic imine (C=N–C) groups is 1. The molecular formula is C34H37N7O3S. The molecule has 3 atom stereocenters. The fraction of sp³-hybridized carbons (Fsp3) is 0.324. The zero-order valence-corrected chi connectivity index (χ0v) is 26.2. The summed E-state index contributed by atoms with van der Waals surface area (Å²) in [4.78, 5) is 44.2. The van der Waals surface area contributed by atoms with Crippen LogP contribution in [-0.2, 0) is 16.0 Å². The van der Waals surface area contributed by atoms with Gasteiger partial charge in [-0.2, -0.15) is 0 Å². The molecule has 6 rings (SSSR count). The van der Waals surface area contributed by atoms with Crippen molar-refractivity contribution < 1.29 is 14.3 Å². The molecule has 4 heterocycles. The number of pyridine rings is 1. The highest BCUT2D eigenvalue weighted by atomic mass is 32.1. The van der Waals surface area contributed by atoms with Crippen molar-refractivity contribution in [3.8, 4) is 11.3 Å². The number of aromatic nitrogens is 2. The van der Waals surface area contributed by atoms with E-state index in [0.29, 0.717) is 32.5 Å². The number of rotatable bonds is 9. The second-order valence-corrected chi connectivity index (χ2v) is 12.0. The molecule has 4 aromatic rings. The minimum absolute atomic E-state index is 0.243. The lowest BCUT2D eigenvalue weighted by Gasteiger charge is -2.54. The number of amides is 2. The maximum atomic E-state index is 14.3. The van der Waals surface area contributed by atoms with Gasteiger partial charge in [-0.3, -0.25) is 15.1 Å². The van der Waals surface area contributed by atoms with Crippen molar-refractivity contribution in [2.75, 3.05) is 31.1 Å². The summed E-state index contributed by atoms with van der Waals surface area (Å²) in [5, 5.41) is 9.64. The van der Waals surface area contributed by atoms with E-state index in [1.165, 1.54) is 0 Å². The maximum Gasteiger partial charge on any atom is 0.318 e. The van der Waals surface area contributed by atoms with Gasteiger partial charge in [-0.1, -0.05) is 36.4 Å². The number of esters is 1. The average Bonchev–Trinajstić information content (AvgIpc) is 3.55. The van der Waals surface area contributed by atoms with Gasteiger partial charge in [0.15, 0.2) is 0 Å². The highest BCUT2D eigenvalue weighted by Crippen LogP contribution is 2.48. The van der Waals surface area contributed by atoms with Crippen molar-refractivity contribution in [3.05, 3.63) is 90.2 Å². The Morgan fingerprint density at radius 1 is 1.11 bits per heavy atom. The summed E-state index contributed by atoms with van der Waals surface area (Å²) in [7, 11) is 0. The van der Waals surface area contributed by atoms with Gasteiger partial charge in [-0.15, -0.1) is 11.3 Å². The first-order valence-corrected chi connectivity index (χ1v) is 16.2. The Kier molecular flexibility index (Phi) is 8.90. The molecule has 10 nitrogen and oxygen atoms in total. The lowest BCUT2D eigenvalue weighted by Crippen LogP contribution is -2.72. The Bertz CT molecular complexity index is 1710. The molecule has 2 amide bonds. The number of ether oxygens (including phenoxy) is 1. The third-order valence-corrected chi connectivity index (χ3v) is 9.40. The molecule has 2 aromatic carbocycles. The molecule has 0 aliphatic carbocycles. The number of nitrogens with zero attached hydrogens (tertiary/aromatic N) is 4. The van der Waals surface area contributed by atoms with Crippen molar-refractivity contribution in [1.82, 2.24) is 25.9 Å². The molecule has 1 fully saturated rings. The molecule has 2 aromatic heterocycles. The summed E-state index contributed by atoms with van der Waals surface area (Å²) >= 11 is 1.55. The summed E-state index contributed by atoms with van der Waals surface area (Å²) < 4.78 is 6.85. The number of anilines is 1. The molecule has 0 bridgehead atoms. The molecule has 3 unspecified atom stereocenters. The molecule has 3 N–H and O–H groups in total. The predicted molar refractivity (Wildman–Crippen MR) is 178 cm³/mol. The minimum atomic E-state index is -1.41. The first kappa shape index (κ1) is 30.4. The Morgan fingerprint density at radius 3 is 2.73 bits per heavy atom. The van der Waals surface area contributed by atoms with E-state index in [9.17, 15) is 9.59 Å². The fourth-order valence-corrected chi connectivity index (χ4v) is 7.37. The smallest absolute Gasteiger partial charge is 0.318 e. The topological polar surface area (TPSA) is 121 Å². The van der Waals surface area contributed by atoms with Crippen molar-refractivity contribution >= 4 is 45.5 Å². The second kappa shape index (κ2) is 13.2. The van der Waals surface area contributed by atoms with Crippen LogP contribution in [0.4, 0.5) is 10.5 Å². The lowest BCUT2D eigenvalue weighted by atomic mass is 9.63. The molecule has 45 heavy (non-hydrogen) atoms. The van der Waals surface area contributed by atoms with Crippen LogP contribution in [0.15, 0.2) is 89.6 Å². The molecule has 2 aliphatic rings. The van der Waals surface area contributed by atoms with Gasteiger partial charge in [0.25, 0.3) is 0 Å². The van der Waals surface area contributed by atoms with Gasteiger partial charge in [0.1, 0.15) is 0 Å². The van der Waals surface area contributed by atoms with Crippen molar-refractivity contribution in [2.24, 2.45) is 16.3 Å². The number of nitrogens with one attached hydrogen (secondary N) is 3. The van der Waals surface area contributed by atoms with Crippen LogP contribution < -0.4 is 20.9 Å². The van der Waals surface area contributed by atoms with Crippen LogP contribution in [0.3, 0.4) is 0 Å². The molecule has 1 saturated heterocycles. The molecule has 11 heteroatoms. The molecule has 0 radical (unpaired) electrons. The largest absolute Gasteiger partial charge is 0.466 e. The van der Waals surface area contributed by atoms with Gasteiger partial charge in [0.2, 0.25) is 5.79 Å². The van der Waals surface area contributed by atoms with Crippen LogP contribution in [0.2, 0.25) is 0 Å². The normalized spacial score (nSPS) is 22.7. The van der Waals surface area contributed by atoms with Crippen LogP contribution in [0.1, 0.15) is 25.8 Å². The number of fused-ring (bicyclic) bond motifs is 1. The van der Waals surface area contributed by atoms with Gasteiger partial charge in [0, 0.05) is 43.0 Å². The van der Waals surface area contributed by atoms with Gasteiger partial charge < -0.3 is 20.3 Å². The summed E-state index contributed by atoms with van der Waals surface area (Å²) in [5.41, 5.74) is 5.10. The van der Waals surface area contributed by atoms with Crippen LogP contribution in [0.5, 0.6) is 0 Å². The van der Waals surface area contributed by atoms with Gasteiger partial charge in [-0.05, 0) is 69.1 Å². The summed E-state index contributed by atoms with van der Waals surface area (Å²) in [6, 6.07) is 19.5. The fourth-order valence-electron chi connectivity index (χ4n) is 6.57. The van der Waals surface area contributed by atoms with E-state index in [0.717, 1.165) is 32.7 Å². The third-order valence-electron chi connectivity index (χ3n) is 8.52. The highest BCUT2D eigenvalue weighted by molar-refractivity contribution is 7.17. The Hall–Kier alpha value is -4.61. The van der Waals surface area contributed by atoms with Crippen LogP contribution in [-0.4, -0.2) is 60.2 Å². The Labute approximate surface area is 266 Å². The zero-order chi connectivity index (χ0) is 31.3. The highest BCUT2D eigenvalue weighted by Gasteiger charge is 2.60. The number of benzene rings is 2. The SMILES string of the molecule is CCNC(=O)NC1(C2CNCCC2(Cc2ccccc2)C(=O)OCC)N=CC=CN1c1cc(-c2ccccn2)c2scnc2c1. The number of carbonyl (C=O) groups excluding carboxylic acids is 2. The first-order valence-electron chi connectivity index (χ1n) is 15.3. The van der Waals surface area contributed by atoms with Gasteiger partial charge in [0.05, 0.1) is 39.4 Å². The second-order valence-electron chi connectivity index (χ2n) is 11.2. The molecule has 0 spiro atoms. The third kappa shape index (κ3) is 5.81. The molecular weight excluding hydrogens is 586 g/mol. The van der Waals surface area contributed by atoms with E-state index in [-0.39, 0.29) is 12.6 Å². The molecule has 0 saturated carbocycles. The molecule has 232 valence electrons. The van der Waals surface area contributed by atoms with E-state index in [1.807, 2.05) is 91.1 Å². The summed E-state index contributed by atoms with van der Waals surface area (Å²) in [5.74, 6) is -2.26. The quantitative estimate of drug-likeness (QED) is 0.221. The molecule has 2 aliphatic heterocycles. The standard InChI is InChI=1S/C34H37N7O3S/c1-3-36-32(43)40-34(29-22-35-17-14-33(29,31(42)44-4-2)21-24-11-6-5-7-12-24)39-16-10-18-41(34)25-19-26(27-13-8-9-15-37-27)30-28(20-25)38-23-45-30/h5-13,15-16,18-20,23,29,35H,3-4,14,17,21-22H2,1-2H3,(H2,36,40,43). The summed E-state index contributed by atoms with van der Waals surface area (Å²) in [6.45, 7) is 5.38. The van der Waals surface area contributed by atoms with Gasteiger partial charge >= 0.3 is 12.0 Å². The van der Waals surface area contributed by atoms with Crippen LogP contribution >= 0.6 is 11.3 Å².